The monoisotopic (exact) mass is 377 g/mol. The summed E-state index contributed by atoms with van der Waals surface area (Å²) in [6.07, 6.45) is 3.28. The smallest absolute Gasteiger partial charge is 0.102 e. The summed E-state index contributed by atoms with van der Waals surface area (Å²) >= 11 is 6.83. The number of halogens is 2. The van der Waals surface area contributed by atoms with Gasteiger partial charge < -0.3 is 5.73 Å². The quantitative estimate of drug-likeness (QED) is 0.804. The van der Waals surface area contributed by atoms with Crippen LogP contribution in [0.5, 0.6) is 0 Å². The van der Waals surface area contributed by atoms with Gasteiger partial charge in [0.15, 0.2) is 0 Å². The van der Waals surface area contributed by atoms with E-state index in [1.54, 1.807) is 18.5 Å². The van der Waals surface area contributed by atoms with Crippen LogP contribution in [-0.2, 0) is 0 Å². The lowest BCUT2D eigenvalue weighted by molar-refractivity contribution is 1.31. The van der Waals surface area contributed by atoms with Crippen LogP contribution in [0.4, 0.5) is 0 Å². The fourth-order valence-corrected chi connectivity index (χ4v) is 2.89. The van der Waals surface area contributed by atoms with Gasteiger partial charge in [0.2, 0.25) is 0 Å². The molecular formula is C14H9Br2N3. The predicted molar refractivity (Wildman–Crippen MR) is 82.7 cm³/mol. The van der Waals surface area contributed by atoms with E-state index < -0.39 is 0 Å². The van der Waals surface area contributed by atoms with E-state index in [2.05, 4.69) is 42.9 Å². The van der Waals surface area contributed by atoms with Crippen LogP contribution in [0.1, 0.15) is 11.1 Å². The Morgan fingerprint density at radius 3 is 2.63 bits per heavy atom. The van der Waals surface area contributed by atoms with Gasteiger partial charge in [0, 0.05) is 32.5 Å². The second-order valence-electron chi connectivity index (χ2n) is 3.77. The van der Waals surface area contributed by atoms with Crippen molar-refractivity contribution in [3.8, 4) is 6.07 Å². The average molecular weight is 379 g/mol. The third-order valence-corrected chi connectivity index (χ3v) is 3.70. The highest BCUT2D eigenvalue weighted by Crippen LogP contribution is 2.29. The molecule has 0 atom stereocenters. The van der Waals surface area contributed by atoms with Crippen molar-refractivity contribution < 1.29 is 0 Å². The molecule has 0 saturated heterocycles. The maximum absolute atomic E-state index is 9.32. The highest BCUT2D eigenvalue weighted by Gasteiger charge is 2.11. The van der Waals surface area contributed by atoms with Crippen molar-refractivity contribution in [2.24, 2.45) is 5.73 Å². The first kappa shape index (κ1) is 13.8. The summed E-state index contributed by atoms with van der Waals surface area (Å²) in [5.74, 6) is 0. The summed E-state index contributed by atoms with van der Waals surface area (Å²) in [5, 5.41) is 9.32. The van der Waals surface area contributed by atoms with Gasteiger partial charge in [-0.2, -0.15) is 5.26 Å². The molecule has 2 rings (SSSR count). The van der Waals surface area contributed by atoms with Crippen molar-refractivity contribution in [3.63, 3.8) is 0 Å². The van der Waals surface area contributed by atoms with Crippen LogP contribution in [0.15, 0.2) is 51.7 Å². The number of allylic oxidation sites excluding steroid dienone is 1. The molecule has 94 valence electrons. The number of nitrogens with two attached hydrogens (primary N) is 1. The summed E-state index contributed by atoms with van der Waals surface area (Å²) in [6.45, 7) is 0. The minimum absolute atomic E-state index is 0.413. The van der Waals surface area contributed by atoms with E-state index in [9.17, 15) is 5.26 Å². The molecule has 0 saturated carbocycles. The molecule has 0 aliphatic carbocycles. The summed E-state index contributed by atoms with van der Waals surface area (Å²) in [7, 11) is 0. The molecule has 0 bridgehead atoms. The average Bonchev–Trinajstić information content (AvgIpc) is 2.40. The second-order valence-corrected chi connectivity index (χ2v) is 5.54. The van der Waals surface area contributed by atoms with Crippen LogP contribution in [0.25, 0.3) is 11.3 Å². The number of nitriles is 1. The molecule has 5 heteroatoms. The molecule has 0 fully saturated rings. The highest BCUT2D eigenvalue weighted by atomic mass is 79.9. The number of pyridine rings is 1. The summed E-state index contributed by atoms with van der Waals surface area (Å²) in [6, 6.07) is 11.4. The second kappa shape index (κ2) is 6.00. The van der Waals surface area contributed by atoms with E-state index in [-0.39, 0.29) is 0 Å². The molecule has 0 aliphatic rings. The van der Waals surface area contributed by atoms with Crippen molar-refractivity contribution >= 4 is 43.1 Å². The van der Waals surface area contributed by atoms with Crippen LogP contribution in [-0.4, -0.2) is 4.98 Å². The van der Waals surface area contributed by atoms with E-state index in [4.69, 9.17) is 5.73 Å². The minimum atomic E-state index is 0.413. The highest BCUT2D eigenvalue weighted by molar-refractivity contribution is 9.11. The van der Waals surface area contributed by atoms with E-state index >= 15 is 0 Å². The Hall–Kier alpha value is -1.64. The van der Waals surface area contributed by atoms with Gasteiger partial charge in [0.1, 0.15) is 6.07 Å². The normalized spacial score (nSPS) is 11.6. The van der Waals surface area contributed by atoms with Gasteiger partial charge in [-0.25, -0.2) is 0 Å². The maximum Gasteiger partial charge on any atom is 0.102 e. The van der Waals surface area contributed by atoms with Gasteiger partial charge in [-0.1, -0.05) is 44.0 Å². The lowest BCUT2D eigenvalue weighted by atomic mass is 10.0. The third-order valence-electron chi connectivity index (χ3n) is 2.55. The Balaban J connectivity index is 2.59. The third kappa shape index (κ3) is 3.03. The molecule has 1 heterocycles. The number of hydrogen-bond acceptors (Lipinski definition) is 3. The first-order chi connectivity index (χ1) is 9.13. The summed E-state index contributed by atoms with van der Waals surface area (Å²) < 4.78 is 1.77. The molecule has 2 N–H and O–H groups in total. The van der Waals surface area contributed by atoms with E-state index in [0.29, 0.717) is 16.8 Å². The Morgan fingerprint density at radius 2 is 2.05 bits per heavy atom. The first-order valence-electron chi connectivity index (χ1n) is 5.39. The number of rotatable bonds is 2. The van der Waals surface area contributed by atoms with Gasteiger partial charge in [0.05, 0.1) is 11.3 Å². The Morgan fingerprint density at radius 1 is 1.26 bits per heavy atom. The Labute approximate surface area is 128 Å². The lowest BCUT2D eigenvalue weighted by Gasteiger charge is -2.08. The molecule has 1 aromatic heterocycles. The minimum Gasteiger partial charge on any atom is -0.397 e. The van der Waals surface area contributed by atoms with Gasteiger partial charge in [-0.05, 0) is 18.2 Å². The van der Waals surface area contributed by atoms with Crippen LogP contribution in [0.3, 0.4) is 0 Å². The molecule has 2 aromatic rings. The zero-order valence-corrected chi connectivity index (χ0v) is 12.9. The van der Waals surface area contributed by atoms with Crippen molar-refractivity contribution in [1.29, 1.82) is 5.26 Å². The first-order valence-corrected chi connectivity index (χ1v) is 6.97. The molecular weight excluding hydrogens is 370 g/mol. The van der Waals surface area contributed by atoms with E-state index in [1.807, 2.05) is 24.3 Å². The van der Waals surface area contributed by atoms with E-state index in [1.165, 1.54) is 0 Å². The molecule has 3 nitrogen and oxygen atoms in total. The Kier molecular flexibility index (Phi) is 4.35. The maximum atomic E-state index is 9.32. The van der Waals surface area contributed by atoms with E-state index in [0.717, 1.165) is 14.5 Å². The van der Waals surface area contributed by atoms with Gasteiger partial charge in [-0.3, -0.25) is 4.98 Å². The van der Waals surface area contributed by atoms with Crippen LogP contribution >= 0.6 is 31.9 Å². The van der Waals surface area contributed by atoms with Crippen molar-refractivity contribution in [2.45, 2.75) is 0 Å². The van der Waals surface area contributed by atoms with Crippen LogP contribution < -0.4 is 5.73 Å². The fraction of sp³-hybridized carbons (Fsp3) is 0. The fourth-order valence-electron chi connectivity index (χ4n) is 1.63. The van der Waals surface area contributed by atoms with Crippen LogP contribution in [0, 0.1) is 11.3 Å². The van der Waals surface area contributed by atoms with Gasteiger partial charge in [0.25, 0.3) is 0 Å². The Bertz CT molecular complexity index is 673. The summed E-state index contributed by atoms with van der Waals surface area (Å²) in [4.78, 5) is 4.01. The van der Waals surface area contributed by atoms with Crippen LogP contribution in [0.2, 0.25) is 0 Å². The van der Waals surface area contributed by atoms with Gasteiger partial charge >= 0.3 is 0 Å². The van der Waals surface area contributed by atoms with Crippen molar-refractivity contribution in [2.75, 3.05) is 0 Å². The van der Waals surface area contributed by atoms with Gasteiger partial charge in [-0.15, -0.1) is 0 Å². The molecule has 0 unspecified atom stereocenters. The number of hydrogen-bond donors (Lipinski definition) is 1. The lowest BCUT2D eigenvalue weighted by Crippen LogP contribution is -2.01. The molecule has 0 spiro atoms. The SMILES string of the molecule is N#C/C(=C(/N)c1ccc(Br)cc1Br)c1cccnc1. The molecule has 0 amide bonds. The molecule has 19 heavy (non-hydrogen) atoms. The number of aromatic nitrogens is 1. The molecule has 0 aliphatic heterocycles. The van der Waals surface area contributed by atoms with Crippen molar-refractivity contribution in [1.82, 2.24) is 4.98 Å². The largest absolute Gasteiger partial charge is 0.397 e. The zero-order valence-electron chi connectivity index (χ0n) is 9.77. The zero-order chi connectivity index (χ0) is 13.8. The number of nitrogens with zero attached hydrogens (tertiary/aromatic N) is 2. The standard InChI is InChI=1S/C14H9Br2N3/c15-10-3-4-11(13(16)6-10)14(18)12(7-17)9-2-1-5-19-8-9/h1-6,8H,18H2/b14-12-. The summed E-state index contributed by atoms with van der Waals surface area (Å²) in [5.41, 5.74) is 8.44. The predicted octanol–water partition coefficient (Wildman–Crippen LogP) is 3.96. The van der Waals surface area contributed by atoms with Crippen molar-refractivity contribution in [3.05, 3.63) is 62.8 Å². The molecule has 0 radical (unpaired) electrons. The topological polar surface area (TPSA) is 62.7 Å². The number of benzene rings is 1. The molecule has 1 aromatic carbocycles.